The third-order valence-corrected chi connectivity index (χ3v) is 5.70. The van der Waals surface area contributed by atoms with Crippen LogP contribution < -0.4 is 0 Å². The van der Waals surface area contributed by atoms with E-state index in [1.807, 2.05) is 18.2 Å². The number of nitrogens with zero attached hydrogens (tertiary/aromatic N) is 1. The summed E-state index contributed by atoms with van der Waals surface area (Å²) in [5.41, 5.74) is 2.23. The van der Waals surface area contributed by atoms with Crippen molar-refractivity contribution >= 4 is 57.3 Å². The molecule has 0 N–H and O–H groups in total. The third-order valence-electron chi connectivity index (χ3n) is 3.92. The fraction of sp³-hybridized carbons (Fsp3) is 0.150. The van der Waals surface area contributed by atoms with E-state index in [-0.39, 0.29) is 5.78 Å². The van der Waals surface area contributed by atoms with Gasteiger partial charge in [-0.25, -0.2) is 0 Å². The van der Waals surface area contributed by atoms with E-state index in [4.69, 9.17) is 34.8 Å². The van der Waals surface area contributed by atoms with Gasteiger partial charge in [-0.05, 0) is 12.5 Å². The van der Waals surface area contributed by atoms with Crippen molar-refractivity contribution in [2.45, 2.75) is 10.7 Å². The average Bonchev–Trinajstić information content (AvgIpc) is 3.04. The van der Waals surface area contributed by atoms with E-state index in [0.717, 1.165) is 22.0 Å². The molecule has 2 nitrogen and oxygen atoms in total. The Morgan fingerprint density at radius 1 is 1.08 bits per heavy atom. The lowest BCUT2D eigenvalue weighted by atomic mass is 10.1. The Kier molecular flexibility index (Phi) is 6.03. The highest BCUT2D eigenvalue weighted by Crippen LogP contribution is 2.42. The summed E-state index contributed by atoms with van der Waals surface area (Å²) in [4.78, 5) is 15.8. The maximum Gasteiger partial charge on any atom is 0.216 e. The molecule has 1 heterocycles. The first-order chi connectivity index (χ1) is 12.4. The minimum Gasteiger partial charge on any atom is -0.342 e. The SMILES string of the molecule is CCN1C=C(c2ccccc2)SC1=CC(=O)c1ccc(C(Cl)(Cl)Cl)cc1. The predicted molar refractivity (Wildman–Crippen MR) is 112 cm³/mol. The predicted octanol–water partition coefficient (Wildman–Crippen LogP) is 6.60. The first-order valence-electron chi connectivity index (χ1n) is 8.03. The van der Waals surface area contributed by atoms with Gasteiger partial charge in [0.2, 0.25) is 3.79 Å². The molecule has 0 saturated heterocycles. The molecule has 2 aromatic rings. The van der Waals surface area contributed by atoms with Crippen molar-refractivity contribution in [3.05, 3.63) is 88.6 Å². The number of allylic oxidation sites excluding steroid dienone is 1. The second-order valence-electron chi connectivity index (χ2n) is 5.67. The normalized spacial score (nSPS) is 16.1. The Labute approximate surface area is 172 Å². The maximum absolute atomic E-state index is 12.6. The minimum atomic E-state index is -1.49. The largest absolute Gasteiger partial charge is 0.342 e. The van der Waals surface area contributed by atoms with Crippen LogP contribution in [0.1, 0.15) is 28.4 Å². The zero-order chi connectivity index (χ0) is 18.7. The molecule has 0 unspecified atom stereocenters. The number of halogens is 3. The molecule has 0 fully saturated rings. The number of hydrogen-bond acceptors (Lipinski definition) is 3. The summed E-state index contributed by atoms with van der Waals surface area (Å²) < 4.78 is -1.49. The fourth-order valence-corrected chi connectivity index (χ4v) is 4.02. The fourth-order valence-electron chi connectivity index (χ4n) is 2.52. The topological polar surface area (TPSA) is 20.3 Å². The van der Waals surface area contributed by atoms with Gasteiger partial charge in [0.05, 0.1) is 5.03 Å². The molecule has 0 aliphatic carbocycles. The van der Waals surface area contributed by atoms with Gasteiger partial charge in [-0.15, -0.1) is 0 Å². The lowest BCUT2D eigenvalue weighted by molar-refractivity contribution is 0.104. The summed E-state index contributed by atoms with van der Waals surface area (Å²) in [5.74, 6) is -0.0791. The Balaban J connectivity index is 1.80. The number of alkyl halides is 3. The van der Waals surface area contributed by atoms with E-state index in [9.17, 15) is 4.79 Å². The van der Waals surface area contributed by atoms with Crippen molar-refractivity contribution in [3.63, 3.8) is 0 Å². The van der Waals surface area contributed by atoms with Gasteiger partial charge < -0.3 is 4.90 Å². The van der Waals surface area contributed by atoms with Gasteiger partial charge in [0, 0.05) is 34.9 Å². The van der Waals surface area contributed by atoms with E-state index in [1.165, 1.54) is 0 Å². The Hall–Kier alpha value is -1.39. The molecular weight excluding hydrogens is 409 g/mol. The van der Waals surface area contributed by atoms with Gasteiger partial charge in [-0.3, -0.25) is 4.79 Å². The van der Waals surface area contributed by atoms with Crippen LogP contribution in [-0.4, -0.2) is 17.2 Å². The molecule has 3 rings (SSSR count). The Bertz CT molecular complexity index is 855. The number of carbonyl (C=O) groups excluding carboxylic acids is 1. The minimum absolute atomic E-state index is 0.0791. The highest BCUT2D eigenvalue weighted by molar-refractivity contribution is 8.12. The zero-order valence-electron chi connectivity index (χ0n) is 14.0. The molecule has 0 saturated carbocycles. The van der Waals surface area contributed by atoms with Gasteiger partial charge in [0.1, 0.15) is 0 Å². The van der Waals surface area contributed by atoms with Crippen molar-refractivity contribution in [1.82, 2.24) is 4.90 Å². The molecule has 26 heavy (non-hydrogen) atoms. The van der Waals surface area contributed by atoms with Crippen LogP contribution in [0.2, 0.25) is 0 Å². The average molecular weight is 425 g/mol. The molecule has 1 aliphatic rings. The molecule has 0 spiro atoms. The second kappa shape index (κ2) is 8.10. The second-order valence-corrected chi connectivity index (χ2v) is 9.01. The molecular formula is C20H16Cl3NOS. The first kappa shape index (κ1) is 19.4. The highest BCUT2D eigenvalue weighted by Gasteiger charge is 2.23. The van der Waals surface area contributed by atoms with E-state index in [2.05, 4.69) is 30.2 Å². The molecule has 0 bridgehead atoms. The van der Waals surface area contributed by atoms with Gasteiger partial charge in [-0.1, -0.05) is 101 Å². The molecule has 0 atom stereocenters. The van der Waals surface area contributed by atoms with Gasteiger partial charge in [-0.2, -0.15) is 0 Å². The van der Waals surface area contributed by atoms with Gasteiger partial charge >= 0.3 is 0 Å². The molecule has 2 aromatic carbocycles. The summed E-state index contributed by atoms with van der Waals surface area (Å²) in [6, 6.07) is 16.8. The van der Waals surface area contributed by atoms with Crippen molar-refractivity contribution in [2.75, 3.05) is 6.54 Å². The summed E-state index contributed by atoms with van der Waals surface area (Å²) in [7, 11) is 0. The number of hydrogen-bond donors (Lipinski definition) is 0. The van der Waals surface area contributed by atoms with Crippen LogP contribution in [0.4, 0.5) is 0 Å². The standard InChI is InChI=1S/C20H16Cl3NOS/c1-2-24-13-18(15-6-4-3-5-7-15)26-19(24)12-17(25)14-8-10-16(11-9-14)20(21,22)23/h3-13H,2H2,1H3. The van der Waals surface area contributed by atoms with Crippen LogP contribution in [0, 0.1) is 0 Å². The highest BCUT2D eigenvalue weighted by atomic mass is 35.6. The first-order valence-corrected chi connectivity index (χ1v) is 9.98. The number of carbonyl (C=O) groups is 1. The van der Waals surface area contributed by atoms with Crippen molar-refractivity contribution in [2.24, 2.45) is 0 Å². The van der Waals surface area contributed by atoms with E-state index in [1.54, 1.807) is 42.1 Å². The van der Waals surface area contributed by atoms with Crippen LogP contribution >= 0.6 is 46.6 Å². The van der Waals surface area contributed by atoms with Gasteiger partial charge in [0.25, 0.3) is 0 Å². The molecule has 1 aliphatic heterocycles. The van der Waals surface area contributed by atoms with Crippen LogP contribution in [0.5, 0.6) is 0 Å². The number of benzene rings is 2. The number of thioether (sulfide) groups is 1. The molecule has 134 valence electrons. The number of rotatable bonds is 4. The molecule has 0 amide bonds. The van der Waals surface area contributed by atoms with E-state index >= 15 is 0 Å². The molecule has 0 aromatic heterocycles. The van der Waals surface area contributed by atoms with Crippen LogP contribution in [0.3, 0.4) is 0 Å². The van der Waals surface area contributed by atoms with Gasteiger partial charge in [0.15, 0.2) is 5.78 Å². The zero-order valence-corrected chi connectivity index (χ0v) is 17.0. The summed E-state index contributed by atoms with van der Waals surface area (Å²) >= 11 is 19.2. The Morgan fingerprint density at radius 2 is 1.73 bits per heavy atom. The van der Waals surface area contributed by atoms with Crippen molar-refractivity contribution in [3.8, 4) is 0 Å². The monoisotopic (exact) mass is 423 g/mol. The Morgan fingerprint density at radius 3 is 2.31 bits per heavy atom. The molecule has 6 heteroatoms. The quantitative estimate of drug-likeness (QED) is 0.313. The lowest BCUT2D eigenvalue weighted by Gasteiger charge is -2.14. The lowest BCUT2D eigenvalue weighted by Crippen LogP contribution is -2.11. The van der Waals surface area contributed by atoms with Crippen molar-refractivity contribution < 1.29 is 4.79 Å². The van der Waals surface area contributed by atoms with E-state index < -0.39 is 3.79 Å². The third kappa shape index (κ3) is 4.47. The van der Waals surface area contributed by atoms with Crippen molar-refractivity contribution in [1.29, 1.82) is 0 Å². The van der Waals surface area contributed by atoms with E-state index in [0.29, 0.717) is 11.1 Å². The smallest absolute Gasteiger partial charge is 0.216 e. The summed E-state index contributed by atoms with van der Waals surface area (Å²) in [6.45, 7) is 2.84. The van der Waals surface area contributed by atoms with Crippen LogP contribution in [0.15, 0.2) is 71.9 Å². The summed E-state index contributed by atoms with van der Waals surface area (Å²) in [5, 5.41) is 0.904. The maximum atomic E-state index is 12.6. The number of ketones is 1. The van der Waals surface area contributed by atoms with Crippen LogP contribution in [-0.2, 0) is 3.79 Å². The summed E-state index contributed by atoms with van der Waals surface area (Å²) in [6.07, 6.45) is 3.73. The molecule has 0 radical (unpaired) electrons. The van der Waals surface area contributed by atoms with Crippen LogP contribution in [0.25, 0.3) is 4.91 Å².